The Morgan fingerprint density at radius 3 is 2.57 bits per heavy atom. The quantitative estimate of drug-likeness (QED) is 0.406. The zero-order valence-electron chi connectivity index (χ0n) is 4.73. The van der Waals surface area contributed by atoms with Gasteiger partial charge in [-0.2, -0.15) is 5.10 Å². The third kappa shape index (κ3) is 3.03. The van der Waals surface area contributed by atoms with Gasteiger partial charge in [0.25, 0.3) is 0 Å². The standard InChI is InChI=1S/C5H10N2/c1-4-5(2)7-6-3/h4,7H,3H2,1-2H3/b5-4+. The molecule has 0 amide bonds. The smallest absolute Gasteiger partial charge is 0.0262 e. The van der Waals surface area contributed by atoms with E-state index in [4.69, 9.17) is 0 Å². The summed E-state index contributed by atoms with van der Waals surface area (Å²) in [6.45, 7) is 7.11. The van der Waals surface area contributed by atoms with E-state index in [0.717, 1.165) is 5.70 Å². The highest BCUT2D eigenvalue weighted by Crippen LogP contribution is 1.80. The third-order valence-corrected chi connectivity index (χ3v) is 0.688. The summed E-state index contributed by atoms with van der Waals surface area (Å²) in [5, 5.41) is 3.44. The molecule has 0 atom stereocenters. The lowest BCUT2D eigenvalue weighted by molar-refractivity contribution is 0.894. The molecule has 0 aliphatic carbocycles. The zero-order valence-corrected chi connectivity index (χ0v) is 4.73. The molecule has 0 rings (SSSR count). The second-order valence-corrected chi connectivity index (χ2v) is 1.24. The van der Waals surface area contributed by atoms with Crippen LogP contribution in [0.3, 0.4) is 0 Å². The maximum atomic E-state index is 3.44. The molecule has 0 fully saturated rings. The first kappa shape index (κ1) is 6.21. The molecule has 0 aromatic rings. The van der Waals surface area contributed by atoms with Gasteiger partial charge in [-0.05, 0) is 13.8 Å². The van der Waals surface area contributed by atoms with Gasteiger partial charge in [-0.15, -0.1) is 0 Å². The maximum absolute atomic E-state index is 3.44. The van der Waals surface area contributed by atoms with Gasteiger partial charge in [0.1, 0.15) is 0 Å². The molecule has 0 aromatic carbocycles. The predicted molar refractivity (Wildman–Crippen MR) is 32.1 cm³/mol. The van der Waals surface area contributed by atoms with E-state index in [0.29, 0.717) is 0 Å². The minimum absolute atomic E-state index is 1.02. The van der Waals surface area contributed by atoms with E-state index >= 15 is 0 Å². The fourth-order valence-electron chi connectivity index (χ4n) is 0.189. The van der Waals surface area contributed by atoms with Crippen LogP contribution in [0.5, 0.6) is 0 Å². The SMILES string of the molecule is C=NN/C(C)=C/C. The first-order chi connectivity index (χ1) is 3.31. The van der Waals surface area contributed by atoms with Crippen LogP contribution in [0, 0.1) is 0 Å². The van der Waals surface area contributed by atoms with E-state index in [1.807, 2.05) is 19.9 Å². The lowest BCUT2D eigenvalue weighted by Crippen LogP contribution is -1.98. The lowest BCUT2D eigenvalue weighted by atomic mass is 10.5. The monoisotopic (exact) mass is 98.1 g/mol. The molecule has 2 nitrogen and oxygen atoms in total. The summed E-state index contributed by atoms with van der Waals surface area (Å²) in [4.78, 5) is 0. The molecule has 0 aliphatic heterocycles. The van der Waals surface area contributed by atoms with Crippen LogP contribution >= 0.6 is 0 Å². The second kappa shape index (κ2) is 3.40. The zero-order chi connectivity index (χ0) is 5.70. The van der Waals surface area contributed by atoms with Gasteiger partial charge in [0.05, 0.1) is 0 Å². The summed E-state index contributed by atoms with van der Waals surface area (Å²) in [5.74, 6) is 0. The minimum Gasteiger partial charge on any atom is -0.284 e. The molecule has 0 saturated heterocycles. The van der Waals surface area contributed by atoms with E-state index in [-0.39, 0.29) is 0 Å². The molecule has 0 saturated carbocycles. The first-order valence-corrected chi connectivity index (χ1v) is 2.16. The number of hydrazone groups is 1. The van der Waals surface area contributed by atoms with Crippen LogP contribution in [0.25, 0.3) is 0 Å². The lowest BCUT2D eigenvalue weighted by Gasteiger charge is -1.92. The Bertz CT molecular complexity index is 84.1. The van der Waals surface area contributed by atoms with Crippen LogP contribution in [0.2, 0.25) is 0 Å². The molecule has 40 valence electrons. The summed E-state index contributed by atoms with van der Waals surface area (Å²) in [7, 11) is 0. The molecular weight excluding hydrogens is 88.1 g/mol. The highest BCUT2D eigenvalue weighted by molar-refractivity contribution is 5.23. The van der Waals surface area contributed by atoms with E-state index < -0.39 is 0 Å². The van der Waals surface area contributed by atoms with E-state index in [2.05, 4.69) is 17.2 Å². The summed E-state index contributed by atoms with van der Waals surface area (Å²) < 4.78 is 0. The van der Waals surface area contributed by atoms with Gasteiger partial charge in [0.15, 0.2) is 0 Å². The van der Waals surface area contributed by atoms with Gasteiger partial charge in [0.2, 0.25) is 0 Å². The van der Waals surface area contributed by atoms with Crippen LogP contribution in [0.15, 0.2) is 16.9 Å². The molecule has 0 heterocycles. The second-order valence-electron chi connectivity index (χ2n) is 1.24. The first-order valence-electron chi connectivity index (χ1n) is 2.16. The normalized spacial score (nSPS) is 10.9. The van der Waals surface area contributed by atoms with Crippen molar-refractivity contribution in [3.63, 3.8) is 0 Å². The molecule has 1 N–H and O–H groups in total. The average molecular weight is 98.1 g/mol. The van der Waals surface area contributed by atoms with Crippen molar-refractivity contribution in [2.75, 3.05) is 0 Å². The van der Waals surface area contributed by atoms with Crippen LogP contribution in [0.4, 0.5) is 0 Å². The fraction of sp³-hybridized carbons (Fsp3) is 0.400. The van der Waals surface area contributed by atoms with Gasteiger partial charge in [0, 0.05) is 12.4 Å². The largest absolute Gasteiger partial charge is 0.284 e. The summed E-state index contributed by atoms with van der Waals surface area (Å²) >= 11 is 0. The Hall–Kier alpha value is -0.790. The third-order valence-electron chi connectivity index (χ3n) is 0.688. The van der Waals surface area contributed by atoms with Crippen molar-refractivity contribution in [1.82, 2.24) is 5.43 Å². The van der Waals surface area contributed by atoms with Crippen molar-refractivity contribution in [3.8, 4) is 0 Å². The van der Waals surface area contributed by atoms with E-state index in [1.165, 1.54) is 0 Å². The topological polar surface area (TPSA) is 24.4 Å². The Morgan fingerprint density at radius 1 is 1.86 bits per heavy atom. The summed E-state index contributed by atoms with van der Waals surface area (Å²) in [5.41, 5.74) is 3.69. The summed E-state index contributed by atoms with van der Waals surface area (Å²) in [6, 6.07) is 0. The van der Waals surface area contributed by atoms with Crippen molar-refractivity contribution in [2.45, 2.75) is 13.8 Å². The molecule has 0 spiro atoms. The van der Waals surface area contributed by atoms with Crippen molar-refractivity contribution >= 4 is 6.72 Å². The highest BCUT2D eigenvalue weighted by Gasteiger charge is 1.73. The number of hydrogen-bond donors (Lipinski definition) is 1. The molecule has 0 unspecified atom stereocenters. The number of nitrogens with one attached hydrogen (secondary N) is 1. The Morgan fingerprint density at radius 2 is 2.43 bits per heavy atom. The number of nitrogens with zero attached hydrogens (tertiary/aromatic N) is 1. The predicted octanol–water partition coefficient (Wildman–Crippen LogP) is 1.12. The molecule has 7 heavy (non-hydrogen) atoms. The fourth-order valence-corrected chi connectivity index (χ4v) is 0.189. The molecule has 0 radical (unpaired) electrons. The van der Waals surface area contributed by atoms with Crippen molar-refractivity contribution in [1.29, 1.82) is 0 Å². The number of allylic oxidation sites excluding steroid dienone is 2. The maximum Gasteiger partial charge on any atom is 0.0262 e. The molecule has 0 aliphatic rings. The van der Waals surface area contributed by atoms with E-state index in [9.17, 15) is 0 Å². The van der Waals surface area contributed by atoms with Crippen molar-refractivity contribution in [3.05, 3.63) is 11.8 Å². The number of rotatable bonds is 2. The summed E-state index contributed by atoms with van der Waals surface area (Å²) in [6.07, 6.45) is 1.93. The van der Waals surface area contributed by atoms with Crippen molar-refractivity contribution < 1.29 is 0 Å². The number of hydrogen-bond acceptors (Lipinski definition) is 2. The van der Waals surface area contributed by atoms with Gasteiger partial charge in [-0.25, -0.2) is 0 Å². The van der Waals surface area contributed by atoms with E-state index in [1.54, 1.807) is 0 Å². The van der Waals surface area contributed by atoms with Crippen molar-refractivity contribution in [2.24, 2.45) is 5.10 Å². The molecule has 0 bridgehead atoms. The average Bonchev–Trinajstić information content (AvgIpc) is 1.68. The Kier molecular flexibility index (Phi) is 3.02. The minimum atomic E-state index is 1.02. The van der Waals surface area contributed by atoms with Crippen LogP contribution in [-0.2, 0) is 0 Å². The molecular formula is C5H10N2. The van der Waals surface area contributed by atoms with Gasteiger partial charge in [-0.1, -0.05) is 6.08 Å². The Labute approximate surface area is 43.9 Å². The molecule has 2 heteroatoms. The van der Waals surface area contributed by atoms with Crippen LogP contribution < -0.4 is 5.43 Å². The van der Waals surface area contributed by atoms with Gasteiger partial charge < -0.3 is 0 Å². The molecule has 0 aromatic heterocycles. The van der Waals surface area contributed by atoms with Crippen LogP contribution in [-0.4, -0.2) is 6.72 Å². The van der Waals surface area contributed by atoms with Gasteiger partial charge >= 0.3 is 0 Å². The van der Waals surface area contributed by atoms with Crippen LogP contribution in [0.1, 0.15) is 13.8 Å². The Balaban J connectivity index is 3.36. The van der Waals surface area contributed by atoms with Gasteiger partial charge in [-0.3, -0.25) is 5.43 Å². The highest BCUT2D eigenvalue weighted by atomic mass is 15.3.